The van der Waals surface area contributed by atoms with Crippen LogP contribution in [0.2, 0.25) is 5.02 Å². The number of hydrogen-bond donors (Lipinski definition) is 2. The molecule has 0 spiro atoms. The number of halogens is 1. The van der Waals surface area contributed by atoms with Crippen molar-refractivity contribution in [3.8, 4) is 12.3 Å². The Kier molecular flexibility index (Phi) is 5.23. The van der Waals surface area contributed by atoms with E-state index in [1.54, 1.807) is 17.8 Å². The van der Waals surface area contributed by atoms with Crippen molar-refractivity contribution in [2.24, 2.45) is 0 Å². The Morgan fingerprint density at radius 3 is 3.07 bits per heavy atom. The summed E-state index contributed by atoms with van der Waals surface area (Å²) in [5, 5.41) is 3.79. The highest BCUT2D eigenvalue weighted by Crippen LogP contribution is 2.26. The molecule has 0 saturated carbocycles. The Morgan fingerprint density at radius 2 is 2.33 bits per heavy atom. The van der Waals surface area contributed by atoms with Crippen LogP contribution in [0.3, 0.4) is 0 Å². The SMILES string of the molecule is C#CCSCCNc1cccc(Cl)c1N. The first-order valence-electron chi connectivity index (χ1n) is 4.54. The molecule has 80 valence electrons. The van der Waals surface area contributed by atoms with Crippen molar-refractivity contribution in [2.75, 3.05) is 29.1 Å². The molecule has 0 bridgehead atoms. The van der Waals surface area contributed by atoms with E-state index in [0.717, 1.165) is 23.7 Å². The second kappa shape index (κ2) is 6.49. The van der Waals surface area contributed by atoms with Crippen LogP contribution in [-0.4, -0.2) is 18.1 Å². The summed E-state index contributed by atoms with van der Waals surface area (Å²) in [7, 11) is 0. The molecule has 0 unspecified atom stereocenters. The summed E-state index contributed by atoms with van der Waals surface area (Å²) in [4.78, 5) is 0. The molecule has 0 radical (unpaired) electrons. The standard InChI is InChI=1S/C11H13ClN2S/c1-2-7-15-8-6-14-10-5-3-4-9(12)11(10)13/h1,3-5,14H,6-8,13H2. The van der Waals surface area contributed by atoms with Crippen molar-refractivity contribution >= 4 is 34.7 Å². The molecule has 0 saturated heterocycles. The summed E-state index contributed by atoms with van der Waals surface area (Å²) >= 11 is 7.59. The summed E-state index contributed by atoms with van der Waals surface area (Å²) in [6, 6.07) is 5.55. The van der Waals surface area contributed by atoms with Gasteiger partial charge in [0.25, 0.3) is 0 Å². The van der Waals surface area contributed by atoms with Gasteiger partial charge in [-0.3, -0.25) is 0 Å². The average Bonchev–Trinajstić information content (AvgIpc) is 2.24. The molecule has 0 aliphatic rings. The van der Waals surface area contributed by atoms with E-state index in [1.165, 1.54) is 0 Å². The van der Waals surface area contributed by atoms with E-state index in [-0.39, 0.29) is 0 Å². The molecule has 15 heavy (non-hydrogen) atoms. The third-order valence-electron chi connectivity index (χ3n) is 1.80. The number of rotatable bonds is 5. The number of benzene rings is 1. The van der Waals surface area contributed by atoms with Gasteiger partial charge in [0.05, 0.1) is 22.2 Å². The fraction of sp³-hybridized carbons (Fsp3) is 0.273. The van der Waals surface area contributed by atoms with Crippen LogP contribution in [0.4, 0.5) is 11.4 Å². The van der Waals surface area contributed by atoms with Crippen molar-refractivity contribution < 1.29 is 0 Å². The van der Waals surface area contributed by atoms with Crippen LogP contribution in [0, 0.1) is 12.3 Å². The number of nitrogen functional groups attached to an aromatic ring is 1. The predicted molar refractivity (Wildman–Crippen MR) is 70.5 cm³/mol. The second-order valence-corrected chi connectivity index (χ2v) is 4.40. The van der Waals surface area contributed by atoms with Gasteiger partial charge in [-0.2, -0.15) is 0 Å². The maximum atomic E-state index is 5.88. The number of thioether (sulfide) groups is 1. The Balaban J connectivity index is 2.38. The first-order chi connectivity index (χ1) is 7.25. The number of hydrogen-bond acceptors (Lipinski definition) is 3. The minimum absolute atomic E-state index is 0.580. The molecular formula is C11H13ClN2S. The van der Waals surface area contributed by atoms with Gasteiger partial charge in [-0.1, -0.05) is 23.6 Å². The Labute approximate surface area is 99.6 Å². The van der Waals surface area contributed by atoms with Crippen LogP contribution < -0.4 is 11.1 Å². The van der Waals surface area contributed by atoms with E-state index in [1.807, 2.05) is 12.1 Å². The van der Waals surface area contributed by atoms with Gasteiger partial charge in [-0.15, -0.1) is 18.2 Å². The van der Waals surface area contributed by atoms with Crippen molar-refractivity contribution in [3.05, 3.63) is 23.2 Å². The van der Waals surface area contributed by atoms with Crippen molar-refractivity contribution in [1.29, 1.82) is 0 Å². The van der Waals surface area contributed by atoms with E-state index >= 15 is 0 Å². The Morgan fingerprint density at radius 1 is 1.53 bits per heavy atom. The molecule has 4 heteroatoms. The summed E-state index contributed by atoms with van der Waals surface area (Å²) in [6.45, 7) is 0.830. The van der Waals surface area contributed by atoms with Crippen LogP contribution >= 0.6 is 23.4 Å². The topological polar surface area (TPSA) is 38.0 Å². The predicted octanol–water partition coefficient (Wildman–Crippen LogP) is 2.70. The molecule has 0 heterocycles. The highest BCUT2D eigenvalue weighted by Gasteiger charge is 2.01. The zero-order chi connectivity index (χ0) is 11.1. The smallest absolute Gasteiger partial charge is 0.0739 e. The van der Waals surface area contributed by atoms with Gasteiger partial charge in [-0.05, 0) is 12.1 Å². The highest BCUT2D eigenvalue weighted by atomic mass is 35.5. The summed E-state index contributed by atoms with van der Waals surface area (Å²) in [6.07, 6.45) is 5.14. The fourth-order valence-electron chi connectivity index (χ4n) is 1.08. The second-order valence-electron chi connectivity index (χ2n) is 2.88. The normalized spacial score (nSPS) is 9.60. The number of nitrogens with one attached hydrogen (secondary N) is 1. The maximum Gasteiger partial charge on any atom is 0.0739 e. The van der Waals surface area contributed by atoms with Crippen LogP contribution in [-0.2, 0) is 0 Å². The minimum atomic E-state index is 0.580. The lowest BCUT2D eigenvalue weighted by atomic mass is 10.2. The zero-order valence-corrected chi connectivity index (χ0v) is 9.87. The quantitative estimate of drug-likeness (QED) is 0.472. The van der Waals surface area contributed by atoms with Gasteiger partial charge in [0.15, 0.2) is 0 Å². The molecule has 0 aliphatic heterocycles. The molecule has 0 aliphatic carbocycles. The third-order valence-corrected chi connectivity index (χ3v) is 2.99. The first kappa shape index (κ1) is 12.1. The minimum Gasteiger partial charge on any atom is -0.396 e. The van der Waals surface area contributed by atoms with Crippen molar-refractivity contribution in [1.82, 2.24) is 0 Å². The number of terminal acetylenes is 1. The van der Waals surface area contributed by atoms with Gasteiger partial charge in [0.2, 0.25) is 0 Å². The Hall–Kier alpha value is -0.980. The molecule has 1 aromatic carbocycles. The fourth-order valence-corrected chi connectivity index (χ4v) is 1.76. The van der Waals surface area contributed by atoms with Crippen LogP contribution in [0.25, 0.3) is 0 Å². The number of nitrogens with two attached hydrogens (primary N) is 1. The monoisotopic (exact) mass is 240 g/mol. The molecule has 1 aromatic rings. The summed E-state index contributed by atoms with van der Waals surface area (Å²) < 4.78 is 0. The zero-order valence-electron chi connectivity index (χ0n) is 8.29. The molecular weight excluding hydrogens is 228 g/mol. The first-order valence-corrected chi connectivity index (χ1v) is 6.08. The van der Waals surface area contributed by atoms with Crippen LogP contribution in [0.1, 0.15) is 0 Å². The van der Waals surface area contributed by atoms with Gasteiger partial charge in [0.1, 0.15) is 0 Å². The highest BCUT2D eigenvalue weighted by molar-refractivity contribution is 7.99. The van der Waals surface area contributed by atoms with E-state index in [2.05, 4.69) is 11.2 Å². The van der Waals surface area contributed by atoms with E-state index in [0.29, 0.717) is 10.7 Å². The van der Waals surface area contributed by atoms with Crippen molar-refractivity contribution in [2.45, 2.75) is 0 Å². The molecule has 0 aromatic heterocycles. The van der Waals surface area contributed by atoms with Gasteiger partial charge in [0, 0.05) is 12.3 Å². The lowest BCUT2D eigenvalue weighted by Gasteiger charge is -2.09. The summed E-state index contributed by atoms with van der Waals surface area (Å²) in [5.74, 6) is 4.27. The van der Waals surface area contributed by atoms with Gasteiger partial charge in [-0.25, -0.2) is 0 Å². The lowest BCUT2D eigenvalue weighted by Crippen LogP contribution is -2.06. The van der Waals surface area contributed by atoms with Gasteiger partial charge < -0.3 is 11.1 Å². The largest absolute Gasteiger partial charge is 0.396 e. The summed E-state index contributed by atoms with van der Waals surface area (Å²) in [5.41, 5.74) is 7.27. The van der Waals surface area contributed by atoms with Crippen LogP contribution in [0.15, 0.2) is 18.2 Å². The molecule has 0 amide bonds. The molecule has 0 atom stereocenters. The molecule has 3 N–H and O–H groups in total. The molecule has 2 nitrogen and oxygen atoms in total. The lowest BCUT2D eigenvalue weighted by molar-refractivity contribution is 1.23. The average molecular weight is 241 g/mol. The Bertz CT molecular complexity index is 360. The van der Waals surface area contributed by atoms with E-state index in [9.17, 15) is 0 Å². The molecule has 1 rings (SSSR count). The van der Waals surface area contributed by atoms with Gasteiger partial charge >= 0.3 is 0 Å². The number of para-hydroxylation sites is 1. The van der Waals surface area contributed by atoms with Crippen molar-refractivity contribution in [3.63, 3.8) is 0 Å². The molecule has 0 fully saturated rings. The third kappa shape index (κ3) is 3.94. The van der Waals surface area contributed by atoms with E-state index < -0.39 is 0 Å². The number of anilines is 2. The maximum absolute atomic E-state index is 5.88. The van der Waals surface area contributed by atoms with E-state index in [4.69, 9.17) is 23.8 Å². The van der Waals surface area contributed by atoms with Crippen LogP contribution in [0.5, 0.6) is 0 Å².